The number of nitrogens with two attached hydrogens (primary N) is 1. The second kappa shape index (κ2) is 4.38. The monoisotopic (exact) mass is 293 g/mol. The molecular weight excluding hydrogens is 282 g/mol. The van der Waals surface area contributed by atoms with Crippen LogP contribution in [0.4, 0.5) is 11.5 Å². The van der Waals surface area contributed by atoms with Crippen molar-refractivity contribution < 1.29 is 4.79 Å². The Morgan fingerprint density at radius 2 is 2.41 bits per heavy atom. The lowest BCUT2D eigenvalue weighted by Crippen LogP contribution is -2.26. The zero-order chi connectivity index (χ0) is 12.6. The summed E-state index contributed by atoms with van der Waals surface area (Å²) in [5.41, 5.74) is 7.16. The van der Waals surface area contributed by atoms with Crippen molar-refractivity contribution in [2.24, 2.45) is 5.92 Å². The van der Waals surface area contributed by atoms with Crippen molar-refractivity contribution in [2.75, 3.05) is 17.2 Å². The van der Waals surface area contributed by atoms with Gasteiger partial charge in [0.15, 0.2) is 5.82 Å². The van der Waals surface area contributed by atoms with Crippen molar-refractivity contribution in [2.45, 2.75) is 13.3 Å². The maximum atomic E-state index is 11.8. The van der Waals surface area contributed by atoms with Crippen LogP contribution in [0.1, 0.15) is 12.1 Å². The molecule has 1 atom stereocenters. The largest absolute Gasteiger partial charge is 0.396 e. The SMILES string of the molecule is C#CC1CC(=O)N(c2nc(C)c(Br)cc2N)C1. The van der Waals surface area contributed by atoms with Gasteiger partial charge in [-0.25, -0.2) is 4.98 Å². The molecule has 2 heterocycles. The van der Waals surface area contributed by atoms with Gasteiger partial charge in [0.2, 0.25) is 5.91 Å². The highest BCUT2D eigenvalue weighted by Crippen LogP contribution is 2.30. The molecule has 4 nitrogen and oxygen atoms in total. The van der Waals surface area contributed by atoms with E-state index in [1.165, 1.54) is 0 Å². The van der Waals surface area contributed by atoms with Crippen molar-refractivity contribution in [1.82, 2.24) is 4.98 Å². The molecule has 1 aliphatic heterocycles. The minimum Gasteiger partial charge on any atom is -0.396 e. The van der Waals surface area contributed by atoms with E-state index in [0.29, 0.717) is 24.5 Å². The Balaban J connectivity index is 2.39. The summed E-state index contributed by atoms with van der Waals surface area (Å²) in [5.74, 6) is 3.04. The van der Waals surface area contributed by atoms with E-state index < -0.39 is 0 Å². The molecular formula is C12H12BrN3O. The van der Waals surface area contributed by atoms with Gasteiger partial charge in [-0.2, -0.15) is 0 Å². The van der Waals surface area contributed by atoms with Gasteiger partial charge in [-0.05, 0) is 28.9 Å². The van der Waals surface area contributed by atoms with Crippen LogP contribution in [-0.4, -0.2) is 17.4 Å². The molecule has 0 aliphatic carbocycles. The van der Waals surface area contributed by atoms with E-state index in [4.69, 9.17) is 12.2 Å². The molecule has 1 aliphatic rings. The van der Waals surface area contributed by atoms with Crippen LogP contribution in [0, 0.1) is 25.2 Å². The zero-order valence-electron chi connectivity index (χ0n) is 9.40. The average molecular weight is 294 g/mol. The highest BCUT2D eigenvalue weighted by atomic mass is 79.9. The van der Waals surface area contributed by atoms with Crippen LogP contribution >= 0.6 is 15.9 Å². The number of nitrogens with zero attached hydrogens (tertiary/aromatic N) is 2. The topological polar surface area (TPSA) is 59.2 Å². The molecule has 5 heteroatoms. The Labute approximate surface area is 108 Å². The molecule has 1 amide bonds. The van der Waals surface area contributed by atoms with Crippen LogP contribution in [0.5, 0.6) is 0 Å². The predicted octanol–water partition coefficient (Wildman–Crippen LogP) is 1.72. The molecule has 0 saturated carbocycles. The molecule has 88 valence electrons. The normalized spacial score (nSPS) is 19.5. The molecule has 1 fully saturated rings. The molecule has 1 aromatic heterocycles. The minimum atomic E-state index is -0.0485. The van der Waals surface area contributed by atoms with Crippen molar-refractivity contribution in [3.05, 3.63) is 16.2 Å². The average Bonchev–Trinajstić information content (AvgIpc) is 2.65. The molecule has 0 radical (unpaired) electrons. The standard InChI is InChI=1S/C12H12BrN3O/c1-3-8-4-11(17)16(6-8)12-10(14)5-9(13)7(2)15-12/h1,5,8H,4,6,14H2,2H3. The lowest BCUT2D eigenvalue weighted by molar-refractivity contribution is -0.117. The second-order valence-electron chi connectivity index (χ2n) is 4.04. The van der Waals surface area contributed by atoms with Gasteiger partial charge in [0, 0.05) is 23.4 Å². The molecule has 17 heavy (non-hydrogen) atoms. The van der Waals surface area contributed by atoms with Crippen molar-refractivity contribution in [3.8, 4) is 12.3 Å². The van der Waals surface area contributed by atoms with Crippen LogP contribution in [0.25, 0.3) is 0 Å². The van der Waals surface area contributed by atoms with E-state index in [0.717, 1.165) is 10.2 Å². The van der Waals surface area contributed by atoms with Gasteiger partial charge in [0.1, 0.15) is 0 Å². The zero-order valence-corrected chi connectivity index (χ0v) is 11.0. The molecule has 0 aromatic carbocycles. The predicted molar refractivity (Wildman–Crippen MR) is 70.4 cm³/mol. The van der Waals surface area contributed by atoms with Crippen LogP contribution < -0.4 is 10.6 Å². The fourth-order valence-corrected chi connectivity index (χ4v) is 2.16. The van der Waals surface area contributed by atoms with Crippen LogP contribution in [0.15, 0.2) is 10.5 Å². The van der Waals surface area contributed by atoms with E-state index in [9.17, 15) is 4.79 Å². The summed E-state index contributed by atoms with van der Waals surface area (Å²) in [6.45, 7) is 2.35. The van der Waals surface area contributed by atoms with Gasteiger partial charge in [0.05, 0.1) is 11.4 Å². The Bertz CT molecular complexity index is 521. The number of anilines is 2. The number of halogens is 1. The van der Waals surface area contributed by atoms with Gasteiger partial charge in [0.25, 0.3) is 0 Å². The van der Waals surface area contributed by atoms with E-state index in [-0.39, 0.29) is 11.8 Å². The summed E-state index contributed by atoms with van der Waals surface area (Å²) in [7, 11) is 0. The number of carbonyl (C=O) groups excluding carboxylic acids is 1. The smallest absolute Gasteiger partial charge is 0.229 e. The first-order valence-corrected chi connectivity index (χ1v) is 6.01. The molecule has 2 N–H and O–H groups in total. The summed E-state index contributed by atoms with van der Waals surface area (Å²) in [5, 5.41) is 0. The number of hydrogen-bond donors (Lipinski definition) is 1. The summed E-state index contributed by atoms with van der Waals surface area (Å²) in [6, 6.07) is 1.76. The van der Waals surface area contributed by atoms with Crippen molar-refractivity contribution >= 4 is 33.3 Å². The number of aromatic nitrogens is 1. The number of pyridine rings is 1. The summed E-state index contributed by atoms with van der Waals surface area (Å²) >= 11 is 3.35. The lowest BCUT2D eigenvalue weighted by Gasteiger charge is -2.17. The number of amides is 1. The van der Waals surface area contributed by atoms with Crippen molar-refractivity contribution in [3.63, 3.8) is 0 Å². The number of hydrogen-bond acceptors (Lipinski definition) is 3. The fraction of sp³-hybridized carbons (Fsp3) is 0.333. The summed E-state index contributed by atoms with van der Waals surface area (Å²) in [6.07, 6.45) is 5.71. The van der Waals surface area contributed by atoms with Crippen LogP contribution in [0.2, 0.25) is 0 Å². The molecule has 1 unspecified atom stereocenters. The molecule has 0 bridgehead atoms. The quantitative estimate of drug-likeness (QED) is 0.802. The van der Waals surface area contributed by atoms with Gasteiger partial charge >= 0.3 is 0 Å². The Hall–Kier alpha value is -1.54. The number of nitrogen functional groups attached to an aromatic ring is 1. The first-order chi connectivity index (χ1) is 8.02. The molecule has 1 saturated heterocycles. The van der Waals surface area contributed by atoms with Gasteiger partial charge in [-0.3, -0.25) is 9.69 Å². The van der Waals surface area contributed by atoms with Crippen LogP contribution in [0.3, 0.4) is 0 Å². The van der Waals surface area contributed by atoms with Gasteiger partial charge in [-0.15, -0.1) is 12.3 Å². The minimum absolute atomic E-state index is 0.0196. The third-order valence-electron chi connectivity index (χ3n) is 2.78. The number of aryl methyl sites for hydroxylation is 1. The Morgan fingerprint density at radius 1 is 1.71 bits per heavy atom. The van der Waals surface area contributed by atoms with E-state index >= 15 is 0 Å². The fourth-order valence-electron chi connectivity index (χ4n) is 1.82. The van der Waals surface area contributed by atoms with Crippen LogP contribution in [-0.2, 0) is 4.79 Å². The van der Waals surface area contributed by atoms with E-state index in [1.54, 1.807) is 11.0 Å². The maximum Gasteiger partial charge on any atom is 0.229 e. The maximum absolute atomic E-state index is 11.8. The highest BCUT2D eigenvalue weighted by molar-refractivity contribution is 9.10. The summed E-state index contributed by atoms with van der Waals surface area (Å²) in [4.78, 5) is 17.7. The Kier molecular flexibility index (Phi) is 3.07. The third-order valence-corrected chi connectivity index (χ3v) is 3.58. The van der Waals surface area contributed by atoms with E-state index in [2.05, 4.69) is 26.8 Å². The van der Waals surface area contributed by atoms with Crippen molar-refractivity contribution in [1.29, 1.82) is 0 Å². The Morgan fingerprint density at radius 3 is 3.00 bits per heavy atom. The number of rotatable bonds is 1. The molecule has 2 rings (SSSR count). The van der Waals surface area contributed by atoms with Gasteiger partial charge in [-0.1, -0.05) is 0 Å². The molecule has 1 aromatic rings. The highest BCUT2D eigenvalue weighted by Gasteiger charge is 2.31. The van der Waals surface area contributed by atoms with E-state index in [1.807, 2.05) is 6.92 Å². The second-order valence-corrected chi connectivity index (χ2v) is 4.89. The third kappa shape index (κ3) is 2.13. The lowest BCUT2D eigenvalue weighted by atomic mass is 10.1. The first kappa shape index (κ1) is 11.9. The first-order valence-electron chi connectivity index (χ1n) is 5.22. The number of carbonyl (C=O) groups is 1. The molecule has 0 spiro atoms. The van der Waals surface area contributed by atoms with Gasteiger partial charge < -0.3 is 5.73 Å². The number of terminal acetylenes is 1. The summed E-state index contributed by atoms with van der Waals surface area (Å²) < 4.78 is 0.832.